The third-order valence-corrected chi connectivity index (χ3v) is 2.03. The minimum atomic E-state index is -2.25. The summed E-state index contributed by atoms with van der Waals surface area (Å²) in [4.78, 5) is 31.9. The van der Waals surface area contributed by atoms with Gasteiger partial charge in [-0.15, -0.1) is 0 Å². The summed E-state index contributed by atoms with van der Waals surface area (Å²) in [6, 6.07) is 0. The molecular weight excluding hydrogens is 361 g/mol. The Labute approximate surface area is 87.8 Å². The molecule has 1 aliphatic heterocycles. The van der Waals surface area contributed by atoms with Crippen molar-refractivity contribution in [2.45, 2.75) is 12.0 Å². The molecule has 0 atom stereocenters. The molecule has 0 saturated carbocycles. The van der Waals surface area contributed by atoms with Crippen LogP contribution in [0.1, 0.15) is 6.42 Å². The zero-order chi connectivity index (χ0) is 9.52. The van der Waals surface area contributed by atoms with Gasteiger partial charge in [-0.1, -0.05) is 0 Å². The monoisotopic (exact) mass is 366 g/mol. The number of β-lactam (4-membered cyclic amide) rings is 1. The summed E-state index contributed by atoms with van der Waals surface area (Å²) < 4.78 is 0. The SMILES string of the molecule is CN1C(=O)CC1(C(=O)[O-])C(=O)[O-].[Pt+2]. The Hall–Kier alpha value is -0.902. The van der Waals surface area contributed by atoms with Crippen LogP contribution in [0.4, 0.5) is 0 Å². The first-order valence-corrected chi connectivity index (χ1v) is 3.12. The van der Waals surface area contributed by atoms with E-state index in [1.165, 1.54) is 0 Å². The molecule has 74 valence electrons. The van der Waals surface area contributed by atoms with Gasteiger partial charge < -0.3 is 24.7 Å². The van der Waals surface area contributed by atoms with Gasteiger partial charge >= 0.3 is 21.1 Å². The van der Waals surface area contributed by atoms with Crippen LogP contribution in [0.25, 0.3) is 0 Å². The second kappa shape index (κ2) is 3.46. The fraction of sp³-hybridized carbons (Fsp3) is 0.500. The van der Waals surface area contributed by atoms with Crippen LogP contribution in [0.15, 0.2) is 0 Å². The molecule has 6 nitrogen and oxygen atoms in total. The van der Waals surface area contributed by atoms with Crippen molar-refractivity contribution in [1.29, 1.82) is 0 Å². The fourth-order valence-corrected chi connectivity index (χ4v) is 1.08. The smallest absolute Gasteiger partial charge is 0.547 e. The van der Waals surface area contributed by atoms with E-state index in [1.54, 1.807) is 0 Å². The van der Waals surface area contributed by atoms with Gasteiger partial charge in [-0.2, -0.15) is 0 Å². The summed E-state index contributed by atoms with van der Waals surface area (Å²) in [5.74, 6) is -4.18. The predicted octanol–water partition coefficient (Wildman–Crippen LogP) is -3.92. The van der Waals surface area contributed by atoms with Crippen LogP contribution in [0.5, 0.6) is 0 Å². The molecule has 1 heterocycles. The van der Waals surface area contributed by atoms with E-state index < -0.39 is 29.8 Å². The Balaban J connectivity index is 0.00000144. The van der Waals surface area contributed by atoms with Gasteiger partial charge in [0.25, 0.3) is 0 Å². The average molecular weight is 366 g/mol. The summed E-state index contributed by atoms with van der Waals surface area (Å²) in [6.45, 7) is 0. The zero-order valence-corrected chi connectivity index (χ0v) is 8.78. The molecule has 1 aliphatic rings. The second-order valence-electron chi connectivity index (χ2n) is 2.56. The summed E-state index contributed by atoms with van der Waals surface area (Å²) in [5, 5.41) is 20.8. The van der Waals surface area contributed by atoms with Gasteiger partial charge in [0.1, 0.15) is 5.54 Å². The number of carboxylic acids is 2. The Morgan fingerprint density at radius 2 is 1.77 bits per heavy atom. The quantitative estimate of drug-likeness (QED) is 0.367. The van der Waals surface area contributed by atoms with Crippen LogP contribution in [0.3, 0.4) is 0 Å². The molecule has 0 bridgehead atoms. The number of carboxylic acid groups (broad SMARTS) is 2. The molecule has 0 aliphatic carbocycles. The number of amides is 1. The molecule has 0 unspecified atom stereocenters. The predicted molar refractivity (Wildman–Crippen MR) is 30.1 cm³/mol. The Morgan fingerprint density at radius 1 is 1.38 bits per heavy atom. The van der Waals surface area contributed by atoms with Crippen LogP contribution < -0.4 is 10.2 Å². The summed E-state index contributed by atoms with van der Waals surface area (Å²) in [7, 11) is 1.08. The maximum absolute atomic E-state index is 10.6. The number of aliphatic carboxylic acids is 2. The third kappa shape index (κ3) is 1.35. The van der Waals surface area contributed by atoms with Crippen molar-refractivity contribution in [2.75, 3.05) is 7.05 Å². The van der Waals surface area contributed by atoms with Crippen molar-refractivity contribution < 1.29 is 45.7 Å². The number of likely N-dealkylation sites (N-methyl/N-ethyl adjacent to an activating group) is 1. The van der Waals surface area contributed by atoms with Crippen LogP contribution >= 0.6 is 0 Å². The Kier molecular flexibility index (Phi) is 3.22. The number of hydrogen-bond acceptors (Lipinski definition) is 5. The molecule has 1 amide bonds. The molecule has 0 aromatic carbocycles. The number of hydrogen-bond donors (Lipinski definition) is 0. The van der Waals surface area contributed by atoms with E-state index in [0.717, 1.165) is 7.05 Å². The molecule has 0 N–H and O–H groups in total. The van der Waals surface area contributed by atoms with Gasteiger partial charge in [0.2, 0.25) is 5.91 Å². The first-order chi connectivity index (χ1) is 5.43. The minimum absolute atomic E-state index is 0. The van der Waals surface area contributed by atoms with Gasteiger partial charge in [-0.25, -0.2) is 0 Å². The zero-order valence-electron chi connectivity index (χ0n) is 6.51. The van der Waals surface area contributed by atoms with Crippen molar-refractivity contribution in [3.8, 4) is 0 Å². The summed E-state index contributed by atoms with van der Waals surface area (Å²) >= 11 is 0. The van der Waals surface area contributed by atoms with Gasteiger partial charge in [-0.3, -0.25) is 4.79 Å². The first-order valence-electron chi connectivity index (χ1n) is 3.12. The molecule has 13 heavy (non-hydrogen) atoms. The van der Waals surface area contributed by atoms with Gasteiger partial charge in [0.15, 0.2) is 0 Å². The maximum Gasteiger partial charge on any atom is 2.00 e. The van der Waals surface area contributed by atoms with Crippen molar-refractivity contribution in [3.05, 3.63) is 0 Å². The number of carbonyl (C=O) groups is 3. The van der Waals surface area contributed by atoms with E-state index in [2.05, 4.69) is 0 Å². The topological polar surface area (TPSA) is 101 Å². The second-order valence-corrected chi connectivity index (χ2v) is 2.56. The molecular formula is C6H5NO5Pt. The largest absolute Gasteiger partial charge is 2.00 e. The molecule has 1 fully saturated rings. The standard InChI is InChI=1S/C6H7NO5.Pt/c1-7-3(8)2-6(7,4(9)10)5(11)12;/h2H2,1H3,(H,9,10)(H,11,12);/q;+2/p-2. The molecule has 0 spiro atoms. The number of rotatable bonds is 2. The van der Waals surface area contributed by atoms with Crippen LogP contribution in [-0.4, -0.2) is 35.3 Å². The molecule has 0 aromatic heterocycles. The molecule has 0 aromatic rings. The molecule has 1 saturated heterocycles. The van der Waals surface area contributed by atoms with Crippen LogP contribution in [-0.2, 0) is 35.4 Å². The van der Waals surface area contributed by atoms with Crippen LogP contribution in [0, 0.1) is 0 Å². The first kappa shape index (κ1) is 12.1. The maximum atomic E-state index is 10.6. The van der Waals surface area contributed by atoms with Gasteiger partial charge in [0.05, 0.1) is 18.4 Å². The third-order valence-electron chi connectivity index (χ3n) is 2.03. The van der Waals surface area contributed by atoms with Crippen molar-refractivity contribution in [3.63, 3.8) is 0 Å². The van der Waals surface area contributed by atoms with E-state index in [-0.39, 0.29) is 21.1 Å². The Morgan fingerprint density at radius 3 is 1.85 bits per heavy atom. The average Bonchev–Trinajstić information content (AvgIpc) is 1.97. The van der Waals surface area contributed by atoms with Gasteiger partial charge in [-0.05, 0) is 0 Å². The molecule has 7 heteroatoms. The van der Waals surface area contributed by atoms with Crippen molar-refractivity contribution in [2.24, 2.45) is 0 Å². The molecule has 0 radical (unpaired) electrons. The minimum Gasteiger partial charge on any atom is -0.547 e. The summed E-state index contributed by atoms with van der Waals surface area (Å²) in [6.07, 6.45) is -0.589. The van der Waals surface area contributed by atoms with Gasteiger partial charge in [0, 0.05) is 7.05 Å². The normalized spacial score (nSPS) is 18.5. The van der Waals surface area contributed by atoms with Crippen molar-refractivity contribution in [1.82, 2.24) is 4.90 Å². The van der Waals surface area contributed by atoms with E-state index in [9.17, 15) is 24.6 Å². The number of nitrogens with zero attached hydrogens (tertiary/aromatic N) is 1. The Bertz CT molecular complexity index is 262. The number of carbonyl (C=O) groups excluding carboxylic acids is 3. The molecule has 1 rings (SSSR count). The number of likely N-dealkylation sites (tertiary alicyclic amines) is 1. The van der Waals surface area contributed by atoms with Crippen molar-refractivity contribution >= 4 is 17.8 Å². The van der Waals surface area contributed by atoms with Crippen LogP contribution in [0.2, 0.25) is 0 Å². The van der Waals surface area contributed by atoms with E-state index in [4.69, 9.17) is 0 Å². The van der Waals surface area contributed by atoms with E-state index >= 15 is 0 Å². The van der Waals surface area contributed by atoms with E-state index in [0.29, 0.717) is 4.90 Å². The summed E-state index contributed by atoms with van der Waals surface area (Å²) in [5.41, 5.74) is -2.25. The van der Waals surface area contributed by atoms with E-state index in [1.807, 2.05) is 0 Å². The fourth-order valence-electron chi connectivity index (χ4n) is 1.08.